The van der Waals surface area contributed by atoms with E-state index in [4.69, 9.17) is 4.42 Å². The van der Waals surface area contributed by atoms with Crippen LogP contribution in [0, 0.1) is 5.92 Å². The summed E-state index contributed by atoms with van der Waals surface area (Å²) in [5, 5.41) is 3.12. The molecule has 4 nitrogen and oxygen atoms in total. The van der Waals surface area contributed by atoms with E-state index in [9.17, 15) is 4.79 Å². The molecule has 1 fully saturated rings. The Bertz CT molecular complexity index is 431. The fourth-order valence-electron chi connectivity index (χ4n) is 2.34. The lowest BCUT2D eigenvalue weighted by Crippen LogP contribution is -2.48. The molecule has 1 saturated heterocycles. The van der Waals surface area contributed by atoms with E-state index in [0.29, 0.717) is 0 Å². The van der Waals surface area contributed by atoms with Gasteiger partial charge in [0.15, 0.2) is 4.67 Å². The number of nitrogens with one attached hydrogen (secondary N) is 1. The molecule has 1 N–H and O–H groups in total. The molecule has 0 bridgehead atoms. The maximum Gasteiger partial charge on any atom is 0.222 e. The van der Waals surface area contributed by atoms with Crippen LogP contribution >= 0.6 is 15.9 Å². The highest BCUT2D eigenvalue weighted by atomic mass is 79.9. The number of hydrogen-bond acceptors (Lipinski definition) is 3. The van der Waals surface area contributed by atoms with Crippen molar-refractivity contribution in [2.24, 2.45) is 5.92 Å². The lowest BCUT2D eigenvalue weighted by atomic mass is 10.0. The zero-order valence-electron chi connectivity index (χ0n) is 11.5. The highest BCUT2D eigenvalue weighted by molar-refractivity contribution is 9.10. The Hall–Kier alpha value is -0.810. The molecule has 106 valence electrons. The Morgan fingerprint density at radius 1 is 1.58 bits per heavy atom. The van der Waals surface area contributed by atoms with Crippen LogP contribution in [0.3, 0.4) is 0 Å². The van der Waals surface area contributed by atoms with Crippen molar-refractivity contribution in [1.82, 2.24) is 10.2 Å². The topological polar surface area (TPSA) is 45.5 Å². The third kappa shape index (κ3) is 4.35. The van der Waals surface area contributed by atoms with Gasteiger partial charge in [-0.1, -0.05) is 13.8 Å². The third-order valence-corrected chi connectivity index (χ3v) is 3.81. The third-order valence-electron chi connectivity index (χ3n) is 3.38. The van der Waals surface area contributed by atoms with Crippen molar-refractivity contribution >= 4 is 21.8 Å². The van der Waals surface area contributed by atoms with Gasteiger partial charge in [-0.3, -0.25) is 9.69 Å². The minimum Gasteiger partial charge on any atom is -0.453 e. The minimum atomic E-state index is 0.0522. The molecule has 1 atom stereocenters. The first-order valence-electron chi connectivity index (χ1n) is 6.81. The second-order valence-corrected chi connectivity index (χ2v) is 6.22. The number of amides is 1. The quantitative estimate of drug-likeness (QED) is 0.924. The molecule has 1 aromatic rings. The van der Waals surface area contributed by atoms with Gasteiger partial charge in [0.1, 0.15) is 5.76 Å². The van der Waals surface area contributed by atoms with Crippen molar-refractivity contribution in [2.75, 3.05) is 13.1 Å². The lowest BCUT2D eigenvalue weighted by Gasteiger charge is -2.32. The van der Waals surface area contributed by atoms with Gasteiger partial charge in [0.2, 0.25) is 5.91 Å². The molecule has 1 aromatic heterocycles. The fraction of sp³-hybridized carbons (Fsp3) is 0.643. The summed E-state index contributed by atoms with van der Waals surface area (Å²) in [6.07, 6.45) is 2.18. The molecule has 2 heterocycles. The molecule has 5 heteroatoms. The van der Waals surface area contributed by atoms with Gasteiger partial charge in [0.25, 0.3) is 0 Å². The first-order chi connectivity index (χ1) is 9.04. The van der Waals surface area contributed by atoms with Crippen LogP contribution in [0.4, 0.5) is 0 Å². The highest BCUT2D eigenvalue weighted by Crippen LogP contribution is 2.18. The number of likely N-dealkylation sites (tertiary alicyclic amines) is 1. The fourth-order valence-corrected chi connectivity index (χ4v) is 2.68. The van der Waals surface area contributed by atoms with Crippen molar-refractivity contribution in [3.8, 4) is 0 Å². The largest absolute Gasteiger partial charge is 0.453 e. The van der Waals surface area contributed by atoms with Crippen LogP contribution in [-0.2, 0) is 11.3 Å². The normalized spacial score (nSPS) is 20.7. The molecule has 1 amide bonds. The van der Waals surface area contributed by atoms with Gasteiger partial charge in [0, 0.05) is 18.5 Å². The number of halogens is 1. The lowest BCUT2D eigenvalue weighted by molar-refractivity contribution is -0.125. The number of piperidine rings is 1. The Morgan fingerprint density at radius 2 is 2.37 bits per heavy atom. The van der Waals surface area contributed by atoms with Crippen LogP contribution in [0.2, 0.25) is 0 Å². The van der Waals surface area contributed by atoms with Crippen LogP contribution in [0.15, 0.2) is 21.2 Å². The zero-order valence-corrected chi connectivity index (χ0v) is 13.1. The molecule has 0 aromatic carbocycles. The predicted octanol–water partition coefficient (Wildman–Crippen LogP) is 2.78. The molecule has 19 heavy (non-hydrogen) atoms. The van der Waals surface area contributed by atoms with Crippen molar-refractivity contribution in [2.45, 2.75) is 39.3 Å². The SMILES string of the molecule is CC(C)C(=O)NC1CCCN(Cc2ccc(Br)o2)C1. The van der Waals surface area contributed by atoms with E-state index in [1.807, 2.05) is 26.0 Å². The van der Waals surface area contributed by atoms with Gasteiger partial charge in [-0.15, -0.1) is 0 Å². The number of carbonyl (C=O) groups is 1. The number of rotatable bonds is 4. The van der Waals surface area contributed by atoms with Gasteiger partial charge < -0.3 is 9.73 Å². The van der Waals surface area contributed by atoms with E-state index in [0.717, 1.165) is 42.9 Å². The van der Waals surface area contributed by atoms with E-state index in [1.165, 1.54) is 0 Å². The second-order valence-electron chi connectivity index (χ2n) is 5.44. The van der Waals surface area contributed by atoms with Crippen LogP contribution in [0.1, 0.15) is 32.4 Å². The number of nitrogens with zero attached hydrogens (tertiary/aromatic N) is 1. The molecular weight excluding hydrogens is 308 g/mol. The Labute approximate surface area is 122 Å². The van der Waals surface area contributed by atoms with Gasteiger partial charge in [-0.25, -0.2) is 0 Å². The molecule has 1 aliphatic rings. The number of carbonyl (C=O) groups excluding carboxylic acids is 1. The average molecular weight is 329 g/mol. The summed E-state index contributed by atoms with van der Waals surface area (Å²) in [5.41, 5.74) is 0. The van der Waals surface area contributed by atoms with Crippen molar-refractivity contribution in [3.63, 3.8) is 0 Å². The van der Waals surface area contributed by atoms with Crippen molar-refractivity contribution < 1.29 is 9.21 Å². The molecule has 1 unspecified atom stereocenters. The zero-order chi connectivity index (χ0) is 13.8. The highest BCUT2D eigenvalue weighted by Gasteiger charge is 2.22. The van der Waals surface area contributed by atoms with Gasteiger partial charge >= 0.3 is 0 Å². The summed E-state index contributed by atoms with van der Waals surface area (Å²) < 4.78 is 6.30. The first kappa shape index (κ1) is 14.6. The van der Waals surface area contributed by atoms with E-state index in [1.54, 1.807) is 0 Å². The minimum absolute atomic E-state index is 0.0522. The van der Waals surface area contributed by atoms with Crippen LogP contribution < -0.4 is 5.32 Å². The molecule has 0 radical (unpaired) electrons. The molecule has 0 aliphatic carbocycles. The van der Waals surface area contributed by atoms with Crippen molar-refractivity contribution in [1.29, 1.82) is 0 Å². The predicted molar refractivity (Wildman–Crippen MR) is 77.7 cm³/mol. The molecule has 1 aliphatic heterocycles. The Kier molecular flexibility index (Phi) is 5.05. The molecule has 0 saturated carbocycles. The summed E-state index contributed by atoms with van der Waals surface area (Å²) in [7, 11) is 0. The van der Waals surface area contributed by atoms with E-state index in [2.05, 4.69) is 26.1 Å². The maximum atomic E-state index is 11.7. The van der Waals surface area contributed by atoms with Crippen LogP contribution in [-0.4, -0.2) is 29.9 Å². The standard InChI is InChI=1S/C14H21BrN2O2/c1-10(2)14(18)16-11-4-3-7-17(8-11)9-12-5-6-13(15)19-12/h5-6,10-11H,3-4,7-9H2,1-2H3,(H,16,18). The number of furan rings is 1. The molecular formula is C14H21BrN2O2. The maximum absolute atomic E-state index is 11.7. The van der Waals surface area contributed by atoms with E-state index in [-0.39, 0.29) is 17.9 Å². The smallest absolute Gasteiger partial charge is 0.222 e. The monoisotopic (exact) mass is 328 g/mol. The number of hydrogen-bond donors (Lipinski definition) is 1. The summed E-state index contributed by atoms with van der Waals surface area (Å²) in [4.78, 5) is 14.1. The Morgan fingerprint density at radius 3 is 3.00 bits per heavy atom. The van der Waals surface area contributed by atoms with E-state index >= 15 is 0 Å². The average Bonchev–Trinajstić information content (AvgIpc) is 2.75. The summed E-state index contributed by atoms with van der Waals surface area (Å²) in [5.74, 6) is 1.16. The van der Waals surface area contributed by atoms with Crippen LogP contribution in [0.5, 0.6) is 0 Å². The summed E-state index contributed by atoms with van der Waals surface area (Å²) in [6.45, 7) is 6.62. The molecule has 0 spiro atoms. The molecule has 2 rings (SSSR count). The van der Waals surface area contributed by atoms with Gasteiger partial charge in [-0.2, -0.15) is 0 Å². The first-order valence-corrected chi connectivity index (χ1v) is 7.61. The Balaban J connectivity index is 1.85. The summed E-state index contributed by atoms with van der Waals surface area (Å²) in [6, 6.07) is 4.17. The van der Waals surface area contributed by atoms with Gasteiger partial charge in [-0.05, 0) is 47.4 Å². The van der Waals surface area contributed by atoms with Crippen LogP contribution in [0.25, 0.3) is 0 Å². The summed E-state index contributed by atoms with van der Waals surface area (Å²) >= 11 is 3.32. The van der Waals surface area contributed by atoms with Gasteiger partial charge in [0.05, 0.1) is 6.54 Å². The van der Waals surface area contributed by atoms with E-state index < -0.39 is 0 Å². The van der Waals surface area contributed by atoms with Crippen molar-refractivity contribution in [3.05, 3.63) is 22.6 Å². The second kappa shape index (κ2) is 6.57.